The molecule has 0 bridgehead atoms. The van der Waals surface area contributed by atoms with E-state index in [0.717, 1.165) is 0 Å². The van der Waals surface area contributed by atoms with Crippen molar-refractivity contribution in [1.29, 1.82) is 0 Å². The van der Waals surface area contributed by atoms with Gasteiger partial charge in [0.1, 0.15) is 12.3 Å². The molecule has 0 spiro atoms. The zero-order chi connectivity index (χ0) is 15.5. The molecule has 7 heteroatoms. The van der Waals surface area contributed by atoms with Gasteiger partial charge in [0.2, 0.25) is 0 Å². The molecule has 1 aromatic carbocycles. The van der Waals surface area contributed by atoms with E-state index in [1.807, 2.05) is 0 Å². The van der Waals surface area contributed by atoms with E-state index >= 15 is 0 Å². The number of rotatable bonds is 4. The van der Waals surface area contributed by atoms with Gasteiger partial charge < -0.3 is 9.32 Å². The molecule has 0 unspecified atom stereocenters. The minimum atomic E-state index is -4.50. The molecule has 3 nitrogen and oxygen atoms in total. The Balaban J connectivity index is 2.23. The Morgan fingerprint density at radius 3 is 2.57 bits per heavy atom. The van der Waals surface area contributed by atoms with E-state index in [9.17, 15) is 18.0 Å². The quantitative estimate of drug-likeness (QED) is 0.849. The molecule has 21 heavy (non-hydrogen) atoms. The summed E-state index contributed by atoms with van der Waals surface area (Å²) in [6.07, 6.45) is -3.16. The van der Waals surface area contributed by atoms with Gasteiger partial charge in [0.25, 0.3) is 5.91 Å². The largest absolute Gasteiger partial charge is 0.467 e. The molecular weight excluding hydrogens is 307 g/mol. The highest BCUT2D eigenvalue weighted by Crippen LogP contribution is 2.21. The van der Waals surface area contributed by atoms with Crippen molar-refractivity contribution in [2.45, 2.75) is 12.7 Å². The van der Waals surface area contributed by atoms with E-state index in [-0.39, 0.29) is 22.9 Å². The first-order valence-corrected chi connectivity index (χ1v) is 6.37. The molecule has 0 atom stereocenters. The predicted molar refractivity (Wildman–Crippen MR) is 71.0 cm³/mol. The highest BCUT2D eigenvalue weighted by atomic mass is 35.5. The van der Waals surface area contributed by atoms with Gasteiger partial charge in [-0.05, 0) is 30.3 Å². The molecule has 0 N–H and O–H groups in total. The van der Waals surface area contributed by atoms with Gasteiger partial charge in [0.05, 0.1) is 12.8 Å². The second kappa shape index (κ2) is 6.22. The molecule has 0 fully saturated rings. The fraction of sp³-hybridized carbons (Fsp3) is 0.214. The summed E-state index contributed by atoms with van der Waals surface area (Å²) in [5, 5.41) is 0.283. The van der Waals surface area contributed by atoms with Crippen LogP contribution in [0.25, 0.3) is 0 Å². The van der Waals surface area contributed by atoms with E-state index in [1.54, 1.807) is 12.1 Å². The number of benzene rings is 1. The first-order chi connectivity index (χ1) is 9.85. The SMILES string of the molecule is O=C(c1cccc(Cl)c1)N(Cc1ccco1)CC(F)(F)F. The number of nitrogens with zero attached hydrogens (tertiary/aromatic N) is 1. The van der Waals surface area contributed by atoms with Crippen LogP contribution >= 0.6 is 11.6 Å². The van der Waals surface area contributed by atoms with Crippen molar-refractivity contribution in [2.24, 2.45) is 0 Å². The number of hydrogen-bond acceptors (Lipinski definition) is 2. The lowest BCUT2D eigenvalue weighted by Crippen LogP contribution is -2.38. The van der Waals surface area contributed by atoms with E-state index in [0.29, 0.717) is 4.90 Å². The molecule has 1 aromatic heterocycles. The van der Waals surface area contributed by atoms with Crippen molar-refractivity contribution in [3.8, 4) is 0 Å². The van der Waals surface area contributed by atoms with Crippen LogP contribution in [0.5, 0.6) is 0 Å². The fourth-order valence-electron chi connectivity index (χ4n) is 1.81. The van der Waals surface area contributed by atoms with Gasteiger partial charge in [-0.2, -0.15) is 13.2 Å². The Kier molecular flexibility index (Phi) is 4.57. The van der Waals surface area contributed by atoms with Gasteiger partial charge in [-0.1, -0.05) is 17.7 Å². The minimum absolute atomic E-state index is 0.0957. The number of alkyl halides is 3. The fourth-order valence-corrected chi connectivity index (χ4v) is 2.00. The molecule has 0 aliphatic heterocycles. The van der Waals surface area contributed by atoms with Crippen LogP contribution in [0.1, 0.15) is 16.1 Å². The summed E-state index contributed by atoms with van der Waals surface area (Å²) >= 11 is 5.76. The summed E-state index contributed by atoms with van der Waals surface area (Å²) in [6.45, 7) is -1.63. The van der Waals surface area contributed by atoms with Crippen LogP contribution in [0.2, 0.25) is 5.02 Å². The number of hydrogen-bond donors (Lipinski definition) is 0. The van der Waals surface area contributed by atoms with Crippen LogP contribution in [0.3, 0.4) is 0 Å². The zero-order valence-electron chi connectivity index (χ0n) is 10.7. The number of furan rings is 1. The van der Waals surface area contributed by atoms with Crippen LogP contribution in [0, 0.1) is 0 Å². The molecule has 1 heterocycles. The van der Waals surface area contributed by atoms with Gasteiger partial charge in [-0.3, -0.25) is 4.79 Å². The lowest BCUT2D eigenvalue weighted by molar-refractivity contribution is -0.142. The molecule has 112 valence electrons. The molecule has 0 radical (unpaired) electrons. The third-order valence-electron chi connectivity index (χ3n) is 2.66. The normalized spacial score (nSPS) is 11.4. The summed E-state index contributed by atoms with van der Waals surface area (Å²) in [4.78, 5) is 12.9. The molecular formula is C14H11ClF3NO2. The smallest absolute Gasteiger partial charge is 0.406 e. The van der Waals surface area contributed by atoms with Crippen LogP contribution < -0.4 is 0 Å². The second-order valence-electron chi connectivity index (χ2n) is 4.37. The predicted octanol–water partition coefficient (Wildman–Crippen LogP) is 4.14. The van der Waals surface area contributed by atoms with Gasteiger partial charge in [0, 0.05) is 10.6 Å². The molecule has 2 aromatic rings. The summed E-state index contributed by atoms with van der Waals surface area (Å²) in [7, 11) is 0. The lowest BCUT2D eigenvalue weighted by atomic mass is 10.2. The topological polar surface area (TPSA) is 33.5 Å². The Bertz CT molecular complexity index is 611. The van der Waals surface area contributed by atoms with Crippen LogP contribution in [0.4, 0.5) is 13.2 Å². The van der Waals surface area contributed by atoms with E-state index < -0.39 is 18.6 Å². The lowest BCUT2D eigenvalue weighted by Gasteiger charge is -2.23. The molecule has 2 rings (SSSR count). The Hall–Kier alpha value is -1.95. The van der Waals surface area contributed by atoms with E-state index in [4.69, 9.17) is 16.0 Å². The van der Waals surface area contributed by atoms with Gasteiger partial charge >= 0.3 is 6.18 Å². The minimum Gasteiger partial charge on any atom is -0.467 e. The average molecular weight is 318 g/mol. The van der Waals surface area contributed by atoms with Crippen LogP contribution in [-0.2, 0) is 6.54 Å². The molecule has 0 saturated heterocycles. The van der Waals surface area contributed by atoms with Crippen molar-refractivity contribution in [1.82, 2.24) is 4.90 Å². The van der Waals surface area contributed by atoms with Crippen LogP contribution in [0.15, 0.2) is 47.1 Å². The molecule has 1 amide bonds. The highest BCUT2D eigenvalue weighted by molar-refractivity contribution is 6.30. The Morgan fingerprint density at radius 2 is 2.00 bits per heavy atom. The van der Waals surface area contributed by atoms with Gasteiger partial charge in [-0.15, -0.1) is 0 Å². The number of carbonyl (C=O) groups is 1. The standard InChI is InChI=1S/C14H11ClF3NO2/c15-11-4-1-3-10(7-11)13(20)19(9-14(16,17)18)8-12-5-2-6-21-12/h1-7H,8-9H2. The van der Waals surface area contributed by atoms with E-state index in [2.05, 4.69) is 0 Å². The number of amides is 1. The third-order valence-corrected chi connectivity index (χ3v) is 2.89. The van der Waals surface area contributed by atoms with Crippen molar-refractivity contribution >= 4 is 17.5 Å². The Labute approximate surface area is 123 Å². The monoisotopic (exact) mass is 317 g/mol. The summed E-state index contributed by atoms with van der Waals surface area (Å²) in [5.74, 6) is -0.485. The maximum atomic E-state index is 12.6. The second-order valence-corrected chi connectivity index (χ2v) is 4.80. The van der Waals surface area contributed by atoms with Crippen LogP contribution in [-0.4, -0.2) is 23.5 Å². The van der Waals surface area contributed by atoms with E-state index in [1.165, 1.54) is 30.5 Å². The summed E-state index contributed by atoms with van der Waals surface area (Å²) in [6, 6.07) is 8.85. The zero-order valence-corrected chi connectivity index (χ0v) is 11.5. The third kappa shape index (κ3) is 4.53. The van der Waals surface area contributed by atoms with Crippen molar-refractivity contribution in [3.05, 3.63) is 59.0 Å². The first kappa shape index (κ1) is 15.4. The van der Waals surface area contributed by atoms with Gasteiger partial charge in [0.15, 0.2) is 0 Å². The molecule has 0 aliphatic rings. The number of carbonyl (C=O) groups excluding carboxylic acids is 1. The molecule has 0 aliphatic carbocycles. The molecule has 0 saturated carbocycles. The number of halogens is 4. The summed E-state index contributed by atoms with van der Waals surface area (Å²) in [5.41, 5.74) is 0.0957. The maximum Gasteiger partial charge on any atom is 0.406 e. The highest BCUT2D eigenvalue weighted by Gasteiger charge is 2.33. The Morgan fingerprint density at radius 1 is 1.24 bits per heavy atom. The summed E-state index contributed by atoms with van der Waals surface area (Å²) < 4.78 is 42.9. The maximum absolute atomic E-state index is 12.6. The van der Waals surface area contributed by atoms with Crippen molar-refractivity contribution < 1.29 is 22.4 Å². The van der Waals surface area contributed by atoms with Gasteiger partial charge in [-0.25, -0.2) is 0 Å². The van der Waals surface area contributed by atoms with Crippen molar-refractivity contribution in [3.63, 3.8) is 0 Å². The first-order valence-electron chi connectivity index (χ1n) is 5.99. The average Bonchev–Trinajstić information content (AvgIpc) is 2.88. The van der Waals surface area contributed by atoms with Crippen molar-refractivity contribution in [2.75, 3.05) is 6.54 Å².